The summed E-state index contributed by atoms with van der Waals surface area (Å²) in [5.74, 6) is 0.581. The molecule has 0 aromatic heterocycles. The lowest BCUT2D eigenvalue weighted by Gasteiger charge is -2.10. The third-order valence-electron chi connectivity index (χ3n) is 3.90. The Morgan fingerprint density at radius 3 is 2.95 bits per heavy atom. The Morgan fingerprint density at radius 2 is 2.25 bits per heavy atom. The van der Waals surface area contributed by atoms with E-state index in [9.17, 15) is 0 Å². The van der Waals surface area contributed by atoms with Crippen LogP contribution in [0, 0.1) is 0 Å². The second kappa shape index (κ2) is 6.65. The molecule has 1 unspecified atom stereocenters. The van der Waals surface area contributed by atoms with Crippen molar-refractivity contribution in [3.63, 3.8) is 0 Å². The van der Waals surface area contributed by atoms with Crippen LogP contribution in [-0.4, -0.2) is 6.54 Å². The summed E-state index contributed by atoms with van der Waals surface area (Å²) in [5, 5.41) is 3.53. The molecule has 0 amide bonds. The van der Waals surface area contributed by atoms with Gasteiger partial charge in [0.15, 0.2) is 0 Å². The summed E-state index contributed by atoms with van der Waals surface area (Å²) in [5.41, 5.74) is 12.0. The number of nitrogens with two attached hydrogens (primary N) is 1. The molecular formula is C18H26N2. The lowest BCUT2D eigenvalue weighted by Crippen LogP contribution is -2.04. The number of fused-ring (bicyclic) bond motifs is 1. The molecule has 1 heterocycles. The summed E-state index contributed by atoms with van der Waals surface area (Å²) < 4.78 is 0. The third-order valence-corrected chi connectivity index (χ3v) is 3.90. The van der Waals surface area contributed by atoms with Gasteiger partial charge in [-0.3, -0.25) is 0 Å². The van der Waals surface area contributed by atoms with Crippen molar-refractivity contribution in [2.24, 2.45) is 5.73 Å². The molecule has 0 spiro atoms. The average molecular weight is 270 g/mol. The topological polar surface area (TPSA) is 38.0 Å². The molecule has 0 saturated heterocycles. The molecule has 0 saturated carbocycles. The predicted molar refractivity (Wildman–Crippen MR) is 88.0 cm³/mol. The third kappa shape index (κ3) is 3.89. The standard InChI is InChI=1S/C18H26N2/c1-13(2)5-4-6-15-8-10-17-16(9-7-14(3)19)12-20-18(17)11-15/h5,8,10-11,16,20H,3-4,6-7,9,12,19H2,1-2H3. The molecule has 1 aliphatic rings. The molecule has 0 radical (unpaired) electrons. The number of allylic oxidation sites excluding steroid dienone is 3. The molecule has 2 nitrogen and oxygen atoms in total. The number of benzene rings is 1. The van der Waals surface area contributed by atoms with E-state index < -0.39 is 0 Å². The minimum absolute atomic E-state index is 0.581. The van der Waals surface area contributed by atoms with E-state index in [1.807, 2.05) is 0 Å². The van der Waals surface area contributed by atoms with Crippen molar-refractivity contribution in [2.75, 3.05) is 11.9 Å². The highest BCUT2D eigenvalue weighted by Gasteiger charge is 2.21. The predicted octanol–water partition coefficient (Wildman–Crippen LogP) is 4.35. The molecule has 2 heteroatoms. The number of rotatable bonds is 6. The summed E-state index contributed by atoms with van der Waals surface area (Å²) in [6, 6.07) is 6.87. The minimum atomic E-state index is 0.581. The zero-order chi connectivity index (χ0) is 14.5. The van der Waals surface area contributed by atoms with Crippen LogP contribution in [0.5, 0.6) is 0 Å². The number of nitrogens with one attached hydrogen (secondary N) is 1. The molecule has 1 aliphatic heterocycles. The monoisotopic (exact) mass is 270 g/mol. The van der Waals surface area contributed by atoms with Crippen molar-refractivity contribution in [2.45, 2.75) is 45.4 Å². The summed E-state index contributed by atoms with van der Waals surface area (Å²) in [6.45, 7) is 9.12. The molecule has 1 aromatic carbocycles. The molecule has 1 aromatic rings. The van der Waals surface area contributed by atoms with E-state index in [0.717, 1.165) is 37.9 Å². The van der Waals surface area contributed by atoms with E-state index in [-0.39, 0.29) is 0 Å². The number of hydrogen-bond donors (Lipinski definition) is 2. The van der Waals surface area contributed by atoms with Crippen LogP contribution in [0.15, 0.2) is 42.1 Å². The van der Waals surface area contributed by atoms with Crippen molar-refractivity contribution < 1.29 is 0 Å². The van der Waals surface area contributed by atoms with Crippen LogP contribution in [0.2, 0.25) is 0 Å². The zero-order valence-electron chi connectivity index (χ0n) is 12.7. The van der Waals surface area contributed by atoms with Gasteiger partial charge in [-0.25, -0.2) is 0 Å². The van der Waals surface area contributed by atoms with Crippen LogP contribution in [0.1, 0.15) is 50.2 Å². The Labute approximate surface area is 122 Å². The first-order chi connectivity index (χ1) is 9.56. The van der Waals surface area contributed by atoms with Gasteiger partial charge < -0.3 is 11.1 Å². The average Bonchev–Trinajstić information content (AvgIpc) is 2.78. The largest absolute Gasteiger partial charge is 0.403 e. The Kier molecular flexibility index (Phi) is 4.89. The fraction of sp³-hybridized carbons (Fsp3) is 0.444. The van der Waals surface area contributed by atoms with Crippen LogP contribution in [0.3, 0.4) is 0 Å². The highest BCUT2D eigenvalue weighted by molar-refractivity contribution is 5.59. The molecular weight excluding hydrogens is 244 g/mol. The first kappa shape index (κ1) is 14.7. The van der Waals surface area contributed by atoms with Crippen LogP contribution in [-0.2, 0) is 6.42 Å². The molecule has 0 bridgehead atoms. The fourth-order valence-corrected chi connectivity index (χ4v) is 2.76. The van der Waals surface area contributed by atoms with E-state index >= 15 is 0 Å². The highest BCUT2D eigenvalue weighted by atomic mass is 14.9. The second-order valence-electron chi connectivity index (χ2n) is 6.02. The SMILES string of the molecule is C=C(N)CCC1CNc2cc(CCC=C(C)C)ccc21. The van der Waals surface area contributed by atoms with Gasteiger partial charge in [0.05, 0.1) is 0 Å². The van der Waals surface area contributed by atoms with Gasteiger partial charge in [-0.2, -0.15) is 0 Å². The smallest absolute Gasteiger partial charge is 0.0379 e. The Hall–Kier alpha value is -1.70. The first-order valence-corrected chi connectivity index (χ1v) is 7.49. The summed E-state index contributed by atoms with van der Waals surface area (Å²) >= 11 is 0. The van der Waals surface area contributed by atoms with Gasteiger partial charge in [0, 0.05) is 23.8 Å². The van der Waals surface area contributed by atoms with Crippen LogP contribution in [0.4, 0.5) is 5.69 Å². The van der Waals surface area contributed by atoms with Gasteiger partial charge in [0.2, 0.25) is 0 Å². The van der Waals surface area contributed by atoms with E-state index in [4.69, 9.17) is 5.73 Å². The number of aryl methyl sites for hydroxylation is 1. The summed E-state index contributed by atoms with van der Waals surface area (Å²) in [4.78, 5) is 0. The molecule has 0 aliphatic carbocycles. The lowest BCUT2D eigenvalue weighted by molar-refractivity contribution is 0.670. The van der Waals surface area contributed by atoms with Crippen molar-refractivity contribution in [1.82, 2.24) is 0 Å². The maximum Gasteiger partial charge on any atom is 0.0379 e. The maximum absolute atomic E-state index is 5.67. The van der Waals surface area contributed by atoms with Gasteiger partial charge >= 0.3 is 0 Å². The van der Waals surface area contributed by atoms with Crippen LogP contribution >= 0.6 is 0 Å². The van der Waals surface area contributed by atoms with E-state index in [1.54, 1.807) is 0 Å². The van der Waals surface area contributed by atoms with E-state index in [0.29, 0.717) is 5.92 Å². The number of hydrogen-bond acceptors (Lipinski definition) is 2. The maximum atomic E-state index is 5.67. The van der Waals surface area contributed by atoms with E-state index in [1.165, 1.54) is 22.4 Å². The van der Waals surface area contributed by atoms with Crippen molar-refractivity contribution in [3.05, 3.63) is 53.3 Å². The van der Waals surface area contributed by atoms with Gasteiger partial charge in [-0.1, -0.05) is 30.4 Å². The second-order valence-corrected chi connectivity index (χ2v) is 6.02. The molecule has 2 rings (SSSR count). The molecule has 20 heavy (non-hydrogen) atoms. The number of anilines is 1. The molecule has 108 valence electrons. The molecule has 1 atom stereocenters. The zero-order valence-corrected chi connectivity index (χ0v) is 12.7. The Balaban J connectivity index is 1.99. The Morgan fingerprint density at radius 1 is 1.45 bits per heavy atom. The van der Waals surface area contributed by atoms with Crippen molar-refractivity contribution in [1.29, 1.82) is 0 Å². The van der Waals surface area contributed by atoms with Gasteiger partial charge in [-0.05, 0) is 56.7 Å². The molecule has 0 fully saturated rings. The van der Waals surface area contributed by atoms with Gasteiger partial charge in [-0.15, -0.1) is 0 Å². The van der Waals surface area contributed by atoms with Gasteiger partial charge in [0.25, 0.3) is 0 Å². The minimum Gasteiger partial charge on any atom is -0.403 e. The van der Waals surface area contributed by atoms with E-state index in [2.05, 4.69) is 50.0 Å². The molecule has 3 N–H and O–H groups in total. The van der Waals surface area contributed by atoms with Crippen LogP contribution < -0.4 is 11.1 Å². The van der Waals surface area contributed by atoms with Crippen molar-refractivity contribution in [3.8, 4) is 0 Å². The first-order valence-electron chi connectivity index (χ1n) is 7.49. The van der Waals surface area contributed by atoms with Crippen LogP contribution in [0.25, 0.3) is 0 Å². The fourth-order valence-electron chi connectivity index (χ4n) is 2.76. The van der Waals surface area contributed by atoms with Crippen molar-refractivity contribution >= 4 is 5.69 Å². The van der Waals surface area contributed by atoms with Gasteiger partial charge in [0.1, 0.15) is 0 Å². The normalized spacial score (nSPS) is 16.4. The summed E-state index contributed by atoms with van der Waals surface area (Å²) in [6.07, 6.45) is 6.54. The summed E-state index contributed by atoms with van der Waals surface area (Å²) in [7, 11) is 0. The Bertz CT molecular complexity index is 510. The lowest BCUT2D eigenvalue weighted by atomic mass is 9.94. The quantitative estimate of drug-likeness (QED) is 0.754. The highest BCUT2D eigenvalue weighted by Crippen LogP contribution is 2.35.